The zero-order valence-corrected chi connectivity index (χ0v) is 8.21. The molecule has 0 aromatic rings. The molecule has 0 unspecified atom stereocenters. The van der Waals surface area contributed by atoms with Crippen LogP contribution in [0.15, 0.2) is 0 Å². The molecule has 43 valence electrons. The minimum atomic E-state index is -0.546. The van der Waals surface area contributed by atoms with Gasteiger partial charge in [0.05, 0.1) is 7.11 Å². The van der Waals surface area contributed by atoms with E-state index in [1.165, 1.54) is 13.4 Å². The molecule has 0 aromatic heterocycles. The number of carbonyl (C=O) groups is 1. The van der Waals surface area contributed by atoms with Gasteiger partial charge in [0, 0.05) is 41.3 Å². The summed E-state index contributed by atoms with van der Waals surface area (Å²) in [7, 11) is 1.22. The van der Waals surface area contributed by atoms with Crippen molar-refractivity contribution < 1.29 is 55.6 Å². The van der Waals surface area contributed by atoms with Crippen molar-refractivity contribution in [1.29, 1.82) is 0 Å². The van der Waals surface area contributed by atoms with Crippen molar-refractivity contribution in [3.63, 3.8) is 0 Å². The number of rotatable bonds is 2. The summed E-state index contributed by atoms with van der Waals surface area (Å²) in [4.78, 5) is 19.3. The zero-order valence-electron chi connectivity index (χ0n) is 4.51. The summed E-state index contributed by atoms with van der Waals surface area (Å²) in [6, 6.07) is 0. The number of carbonyl (C=O) groups excluding carboxylic acids is 2. The molecule has 8 heavy (non-hydrogen) atoms. The average molecular weight is 242 g/mol. The molecular formula is C4H5O3Pr-. The van der Waals surface area contributed by atoms with Gasteiger partial charge >= 0.3 is 0 Å². The van der Waals surface area contributed by atoms with E-state index in [-0.39, 0.29) is 47.7 Å². The average Bonchev–Trinajstić information content (AvgIpc) is 1.68. The molecule has 4 heteroatoms. The van der Waals surface area contributed by atoms with Crippen LogP contribution >= 0.6 is 0 Å². The Morgan fingerprint density at radius 2 is 2.25 bits per heavy atom. The van der Waals surface area contributed by atoms with Crippen molar-refractivity contribution in [2.75, 3.05) is 7.11 Å². The van der Waals surface area contributed by atoms with Gasteiger partial charge in [0.2, 0.25) is 0 Å². The molecule has 0 bridgehead atoms. The van der Waals surface area contributed by atoms with Crippen molar-refractivity contribution in [3.8, 4) is 0 Å². The van der Waals surface area contributed by atoms with Gasteiger partial charge in [-0.1, -0.05) is 6.42 Å². The summed E-state index contributed by atoms with van der Waals surface area (Å²) < 4.78 is 4.09. The van der Waals surface area contributed by atoms with Crippen LogP contribution in [-0.4, -0.2) is 19.4 Å². The van der Waals surface area contributed by atoms with Crippen LogP contribution in [0.2, 0.25) is 0 Å². The Morgan fingerprint density at radius 3 is 2.38 bits per heavy atom. The molecule has 0 amide bonds. The van der Waals surface area contributed by atoms with Crippen molar-refractivity contribution in [2.45, 2.75) is 6.42 Å². The van der Waals surface area contributed by atoms with E-state index < -0.39 is 5.97 Å². The largest absolute Gasteiger partial charge is 0.541 e. The van der Waals surface area contributed by atoms with Crippen LogP contribution in [0.25, 0.3) is 0 Å². The van der Waals surface area contributed by atoms with Crippen LogP contribution in [0, 0.1) is 41.3 Å². The maximum atomic E-state index is 9.93. The molecule has 0 rings (SSSR count). The number of esters is 1. The molecule has 0 atom stereocenters. The molecule has 0 aliphatic rings. The van der Waals surface area contributed by atoms with Crippen LogP contribution in [0.3, 0.4) is 0 Å². The summed E-state index contributed by atoms with van der Waals surface area (Å²) >= 11 is 0. The third kappa shape index (κ3) is 6.50. The molecule has 0 heterocycles. The molecule has 0 saturated heterocycles. The molecule has 3 nitrogen and oxygen atoms in total. The van der Waals surface area contributed by atoms with Gasteiger partial charge in [-0.15, -0.1) is 0 Å². The fraction of sp³-hybridized carbons (Fsp3) is 0.500. The molecular weight excluding hydrogens is 237 g/mol. The Kier molecular flexibility index (Phi) is 10.6. The molecule has 0 aromatic carbocycles. The SMILES string of the molecule is COC(=O)C[C-]=O.[Pr]. The molecule has 0 N–H and O–H groups in total. The van der Waals surface area contributed by atoms with E-state index in [9.17, 15) is 9.59 Å². The Bertz CT molecular complexity index is 81.4. The van der Waals surface area contributed by atoms with Crippen molar-refractivity contribution in [1.82, 2.24) is 0 Å². The summed E-state index contributed by atoms with van der Waals surface area (Å²) in [6.45, 7) is 0. The van der Waals surface area contributed by atoms with E-state index in [0.717, 1.165) is 0 Å². The molecule has 0 fully saturated rings. The van der Waals surface area contributed by atoms with Crippen LogP contribution in [0.5, 0.6) is 0 Å². The summed E-state index contributed by atoms with van der Waals surface area (Å²) in [6.07, 6.45) is 1.13. The topological polar surface area (TPSA) is 43.4 Å². The molecule has 0 saturated carbocycles. The van der Waals surface area contributed by atoms with Gasteiger partial charge in [0.1, 0.15) is 0 Å². The van der Waals surface area contributed by atoms with Crippen LogP contribution in [0.4, 0.5) is 0 Å². The molecule has 0 aliphatic heterocycles. The summed E-state index contributed by atoms with van der Waals surface area (Å²) in [5.74, 6) is -0.546. The smallest absolute Gasteiger partial charge is 0.278 e. The third-order valence-corrected chi connectivity index (χ3v) is 0.444. The van der Waals surface area contributed by atoms with Crippen LogP contribution in [-0.2, 0) is 14.3 Å². The first kappa shape index (κ1) is 11.3. The van der Waals surface area contributed by atoms with Gasteiger partial charge in [-0.3, -0.25) is 11.1 Å². The van der Waals surface area contributed by atoms with E-state index >= 15 is 0 Å². The number of hydrogen-bond acceptors (Lipinski definition) is 3. The van der Waals surface area contributed by atoms with Crippen molar-refractivity contribution in [2.24, 2.45) is 0 Å². The predicted octanol–water partition coefficient (Wildman–Crippen LogP) is -0.341. The first-order valence-corrected chi connectivity index (χ1v) is 1.73. The minimum absolute atomic E-state index is 0. The van der Waals surface area contributed by atoms with Gasteiger partial charge in [-0.05, 0) is 0 Å². The Labute approximate surface area is 80.7 Å². The van der Waals surface area contributed by atoms with Crippen LogP contribution in [0.1, 0.15) is 6.42 Å². The first-order chi connectivity index (χ1) is 3.31. The van der Waals surface area contributed by atoms with Gasteiger partial charge in [-0.2, -0.15) is 0 Å². The van der Waals surface area contributed by atoms with Gasteiger partial charge in [-0.25, -0.2) is 0 Å². The number of ether oxygens (including phenoxy) is 1. The fourth-order valence-corrected chi connectivity index (χ4v) is 0.131. The second-order valence-corrected chi connectivity index (χ2v) is 0.897. The zero-order chi connectivity index (χ0) is 5.70. The Hall–Kier alpha value is 0.504. The Morgan fingerprint density at radius 1 is 1.75 bits per heavy atom. The second-order valence-electron chi connectivity index (χ2n) is 0.897. The van der Waals surface area contributed by atoms with Gasteiger partial charge < -0.3 is 9.53 Å². The third-order valence-electron chi connectivity index (χ3n) is 0.444. The van der Waals surface area contributed by atoms with Gasteiger partial charge in [0.25, 0.3) is 5.97 Å². The number of methoxy groups -OCH3 is 1. The predicted molar refractivity (Wildman–Crippen MR) is 22.3 cm³/mol. The normalized spacial score (nSPS) is 6.62. The molecule has 0 aliphatic carbocycles. The maximum Gasteiger partial charge on any atom is 0.278 e. The monoisotopic (exact) mass is 242 g/mol. The number of hydrogen-bond donors (Lipinski definition) is 0. The van der Waals surface area contributed by atoms with Gasteiger partial charge in [0.15, 0.2) is 0 Å². The molecule has 0 spiro atoms. The van der Waals surface area contributed by atoms with Crippen molar-refractivity contribution in [3.05, 3.63) is 0 Å². The van der Waals surface area contributed by atoms with E-state index in [1.807, 2.05) is 0 Å². The summed E-state index contributed by atoms with van der Waals surface area (Å²) in [5.41, 5.74) is 0. The second kappa shape index (κ2) is 7.50. The fourth-order valence-electron chi connectivity index (χ4n) is 0.131. The first-order valence-electron chi connectivity index (χ1n) is 1.73. The maximum absolute atomic E-state index is 9.93. The summed E-state index contributed by atoms with van der Waals surface area (Å²) in [5, 5.41) is 0. The molecule has 1 radical (unpaired) electrons. The van der Waals surface area contributed by atoms with E-state index in [0.29, 0.717) is 0 Å². The van der Waals surface area contributed by atoms with Crippen molar-refractivity contribution >= 4 is 12.3 Å². The Balaban J connectivity index is 0. The van der Waals surface area contributed by atoms with E-state index in [1.54, 1.807) is 0 Å². The van der Waals surface area contributed by atoms with E-state index in [4.69, 9.17) is 0 Å². The quantitative estimate of drug-likeness (QED) is 0.378. The minimum Gasteiger partial charge on any atom is -0.541 e. The standard InChI is InChI=1S/C4H5O3.Pr/c1-7-4(6)2-3-5;/h2H2,1H3;/q-1;. The van der Waals surface area contributed by atoms with Crippen LogP contribution < -0.4 is 0 Å². The van der Waals surface area contributed by atoms with E-state index in [2.05, 4.69) is 4.74 Å².